The lowest BCUT2D eigenvalue weighted by atomic mass is 9.83. The maximum Gasteiger partial charge on any atom is 0.416 e. The molecule has 0 saturated heterocycles. The summed E-state index contributed by atoms with van der Waals surface area (Å²) in [6, 6.07) is 13.5. The minimum atomic E-state index is -4.32. The standard InChI is InChI=1S/C16H14F3N/c17-16(18,19)15-8-4-3-7-13(15)14-10-20-9-11-5-1-2-6-12(11)14/h1-8,14,20H,9-10H2. The number of benzene rings is 2. The highest BCUT2D eigenvalue weighted by molar-refractivity contribution is 5.44. The average Bonchev–Trinajstić information content (AvgIpc) is 2.46. The van der Waals surface area contributed by atoms with E-state index >= 15 is 0 Å². The SMILES string of the molecule is FC(F)(F)c1ccccc1C1CNCc2ccccc21. The van der Waals surface area contributed by atoms with Crippen LogP contribution < -0.4 is 5.32 Å². The molecule has 0 spiro atoms. The molecule has 2 aromatic rings. The van der Waals surface area contributed by atoms with Crippen LogP contribution >= 0.6 is 0 Å². The van der Waals surface area contributed by atoms with Crippen LogP contribution in [0.4, 0.5) is 13.2 Å². The van der Waals surface area contributed by atoms with Gasteiger partial charge in [-0.05, 0) is 22.8 Å². The highest BCUT2D eigenvalue weighted by atomic mass is 19.4. The summed E-state index contributed by atoms with van der Waals surface area (Å²) >= 11 is 0. The molecule has 1 unspecified atom stereocenters. The van der Waals surface area contributed by atoms with Gasteiger partial charge in [0.25, 0.3) is 0 Å². The highest BCUT2D eigenvalue weighted by Crippen LogP contribution is 2.38. The van der Waals surface area contributed by atoms with Crippen LogP contribution in [-0.2, 0) is 12.7 Å². The monoisotopic (exact) mass is 277 g/mol. The molecule has 1 heterocycles. The Labute approximate surface area is 115 Å². The molecule has 0 aromatic heterocycles. The zero-order chi connectivity index (χ0) is 14.2. The maximum atomic E-state index is 13.2. The quantitative estimate of drug-likeness (QED) is 0.832. The molecule has 2 aromatic carbocycles. The normalized spacial score (nSPS) is 18.6. The van der Waals surface area contributed by atoms with Gasteiger partial charge in [0.15, 0.2) is 0 Å². The van der Waals surface area contributed by atoms with Crippen LogP contribution in [0.25, 0.3) is 0 Å². The summed E-state index contributed by atoms with van der Waals surface area (Å²) in [7, 11) is 0. The van der Waals surface area contributed by atoms with E-state index in [9.17, 15) is 13.2 Å². The third kappa shape index (κ3) is 2.31. The molecule has 0 aliphatic carbocycles. The fourth-order valence-electron chi connectivity index (χ4n) is 2.83. The summed E-state index contributed by atoms with van der Waals surface area (Å²) in [5.41, 5.74) is 1.87. The first-order valence-electron chi connectivity index (χ1n) is 6.52. The first kappa shape index (κ1) is 13.2. The van der Waals surface area contributed by atoms with Gasteiger partial charge in [-0.25, -0.2) is 0 Å². The molecule has 0 bridgehead atoms. The van der Waals surface area contributed by atoms with Gasteiger partial charge in [0.2, 0.25) is 0 Å². The molecule has 20 heavy (non-hydrogen) atoms. The van der Waals surface area contributed by atoms with Crippen LogP contribution in [0.5, 0.6) is 0 Å². The molecule has 1 aliphatic rings. The second-order valence-electron chi connectivity index (χ2n) is 4.97. The van der Waals surface area contributed by atoms with Crippen LogP contribution in [0.15, 0.2) is 48.5 Å². The average molecular weight is 277 g/mol. The first-order valence-corrected chi connectivity index (χ1v) is 6.52. The Kier molecular flexibility index (Phi) is 3.26. The molecule has 1 nitrogen and oxygen atoms in total. The topological polar surface area (TPSA) is 12.0 Å². The Balaban J connectivity index is 2.12. The van der Waals surface area contributed by atoms with E-state index in [1.165, 1.54) is 6.07 Å². The van der Waals surface area contributed by atoms with Crippen LogP contribution in [0, 0.1) is 0 Å². The highest BCUT2D eigenvalue weighted by Gasteiger charge is 2.36. The first-order chi connectivity index (χ1) is 9.57. The van der Waals surface area contributed by atoms with Crippen LogP contribution in [-0.4, -0.2) is 6.54 Å². The van der Waals surface area contributed by atoms with Crippen LogP contribution in [0.2, 0.25) is 0 Å². The zero-order valence-electron chi connectivity index (χ0n) is 10.7. The van der Waals surface area contributed by atoms with E-state index in [1.54, 1.807) is 12.1 Å². The van der Waals surface area contributed by atoms with E-state index < -0.39 is 11.7 Å². The second-order valence-corrected chi connectivity index (χ2v) is 4.97. The van der Waals surface area contributed by atoms with Crippen molar-refractivity contribution in [2.24, 2.45) is 0 Å². The van der Waals surface area contributed by atoms with Crippen molar-refractivity contribution < 1.29 is 13.2 Å². The minimum Gasteiger partial charge on any atom is -0.312 e. The van der Waals surface area contributed by atoms with Crippen molar-refractivity contribution in [2.45, 2.75) is 18.6 Å². The third-order valence-corrected chi connectivity index (χ3v) is 3.74. The van der Waals surface area contributed by atoms with E-state index in [4.69, 9.17) is 0 Å². The number of hydrogen-bond donors (Lipinski definition) is 1. The Hall–Kier alpha value is -1.81. The molecule has 0 amide bonds. The van der Waals surface area contributed by atoms with Crippen molar-refractivity contribution in [1.82, 2.24) is 5.32 Å². The van der Waals surface area contributed by atoms with Gasteiger partial charge in [-0.1, -0.05) is 42.5 Å². The molecule has 104 valence electrons. The van der Waals surface area contributed by atoms with Gasteiger partial charge >= 0.3 is 6.18 Å². The number of nitrogens with one attached hydrogen (secondary N) is 1. The largest absolute Gasteiger partial charge is 0.416 e. The Bertz CT molecular complexity index is 619. The fourth-order valence-corrected chi connectivity index (χ4v) is 2.83. The van der Waals surface area contributed by atoms with E-state index in [0.717, 1.165) is 17.2 Å². The number of rotatable bonds is 1. The number of halogens is 3. The van der Waals surface area contributed by atoms with Crippen LogP contribution in [0.3, 0.4) is 0 Å². The van der Waals surface area contributed by atoms with Gasteiger partial charge in [-0.2, -0.15) is 13.2 Å². The van der Waals surface area contributed by atoms with Crippen molar-refractivity contribution in [3.8, 4) is 0 Å². The second kappa shape index (κ2) is 4.94. The van der Waals surface area contributed by atoms with E-state index in [1.807, 2.05) is 24.3 Å². The molecular formula is C16H14F3N. The van der Waals surface area contributed by atoms with Crippen molar-refractivity contribution in [3.05, 3.63) is 70.8 Å². The van der Waals surface area contributed by atoms with E-state index in [2.05, 4.69) is 5.32 Å². The lowest BCUT2D eigenvalue weighted by Crippen LogP contribution is -2.30. The predicted molar refractivity (Wildman–Crippen MR) is 71.4 cm³/mol. The van der Waals surface area contributed by atoms with Gasteiger partial charge in [0.1, 0.15) is 0 Å². The maximum absolute atomic E-state index is 13.2. The van der Waals surface area contributed by atoms with Crippen molar-refractivity contribution in [3.63, 3.8) is 0 Å². The molecule has 1 aliphatic heterocycles. The number of fused-ring (bicyclic) bond motifs is 1. The van der Waals surface area contributed by atoms with Gasteiger partial charge < -0.3 is 5.32 Å². The summed E-state index contributed by atoms with van der Waals surface area (Å²) in [5.74, 6) is -0.252. The molecular weight excluding hydrogens is 263 g/mol. The molecule has 1 atom stereocenters. The number of hydrogen-bond acceptors (Lipinski definition) is 1. The Morgan fingerprint density at radius 3 is 2.30 bits per heavy atom. The van der Waals surface area contributed by atoms with Gasteiger partial charge in [0.05, 0.1) is 5.56 Å². The number of alkyl halides is 3. The van der Waals surface area contributed by atoms with E-state index in [0.29, 0.717) is 18.7 Å². The summed E-state index contributed by atoms with van der Waals surface area (Å²) in [5, 5.41) is 3.20. The van der Waals surface area contributed by atoms with Gasteiger partial charge in [-0.15, -0.1) is 0 Å². The third-order valence-electron chi connectivity index (χ3n) is 3.74. The molecule has 1 N–H and O–H groups in total. The molecule has 0 saturated carbocycles. The Morgan fingerprint density at radius 2 is 1.55 bits per heavy atom. The predicted octanol–water partition coefficient (Wildman–Crippen LogP) is 3.94. The zero-order valence-corrected chi connectivity index (χ0v) is 10.7. The van der Waals surface area contributed by atoms with Gasteiger partial charge in [0, 0.05) is 19.0 Å². The fraction of sp³-hybridized carbons (Fsp3) is 0.250. The van der Waals surface area contributed by atoms with E-state index in [-0.39, 0.29) is 5.92 Å². The van der Waals surface area contributed by atoms with Crippen molar-refractivity contribution >= 4 is 0 Å². The summed E-state index contributed by atoms with van der Waals surface area (Å²) in [4.78, 5) is 0. The summed E-state index contributed by atoms with van der Waals surface area (Å²) < 4.78 is 39.5. The van der Waals surface area contributed by atoms with Gasteiger partial charge in [-0.3, -0.25) is 0 Å². The Morgan fingerprint density at radius 1 is 0.900 bits per heavy atom. The summed E-state index contributed by atoms with van der Waals surface area (Å²) in [6.45, 7) is 1.24. The minimum absolute atomic E-state index is 0.252. The lowest BCUT2D eigenvalue weighted by Gasteiger charge is -2.28. The lowest BCUT2D eigenvalue weighted by molar-refractivity contribution is -0.138. The van der Waals surface area contributed by atoms with Crippen molar-refractivity contribution in [1.29, 1.82) is 0 Å². The molecule has 0 fully saturated rings. The molecule has 0 radical (unpaired) electrons. The summed E-state index contributed by atoms with van der Waals surface area (Å²) in [6.07, 6.45) is -4.32. The molecule has 3 rings (SSSR count). The molecule has 4 heteroatoms. The van der Waals surface area contributed by atoms with Crippen LogP contribution in [0.1, 0.15) is 28.2 Å². The smallest absolute Gasteiger partial charge is 0.312 e. The van der Waals surface area contributed by atoms with Crippen molar-refractivity contribution in [2.75, 3.05) is 6.54 Å².